The van der Waals surface area contributed by atoms with Crippen LogP contribution in [-0.2, 0) is 6.54 Å². The molecule has 1 aromatic carbocycles. The van der Waals surface area contributed by atoms with Gasteiger partial charge >= 0.3 is 5.97 Å². The normalized spacial score (nSPS) is 10.8. The third kappa shape index (κ3) is 4.86. The van der Waals surface area contributed by atoms with Crippen LogP contribution in [0.1, 0.15) is 46.1 Å². The molecule has 1 amide bonds. The zero-order valence-electron chi connectivity index (χ0n) is 14.9. The van der Waals surface area contributed by atoms with Gasteiger partial charge in [-0.3, -0.25) is 4.79 Å². The van der Waals surface area contributed by atoms with Crippen LogP contribution in [0, 0.1) is 12.8 Å². The van der Waals surface area contributed by atoms with Gasteiger partial charge in [-0.25, -0.2) is 4.79 Å². The zero-order chi connectivity index (χ0) is 18.6. The third-order valence-electron chi connectivity index (χ3n) is 3.60. The largest absolute Gasteiger partial charge is 0.493 e. The van der Waals surface area contributed by atoms with Crippen molar-refractivity contribution in [3.05, 3.63) is 53.0 Å². The number of benzene rings is 1. The van der Waals surface area contributed by atoms with Gasteiger partial charge in [0.1, 0.15) is 22.8 Å². The van der Waals surface area contributed by atoms with E-state index in [1.165, 1.54) is 11.0 Å². The number of furan rings is 1. The third-order valence-corrected chi connectivity index (χ3v) is 3.60. The number of hydrogen-bond acceptors (Lipinski definition) is 4. The number of aromatic carboxylic acids is 1. The minimum absolute atomic E-state index is 0.111. The monoisotopic (exact) mass is 345 g/mol. The molecule has 2 rings (SSSR count). The molecule has 1 N–H and O–H groups in total. The number of amides is 1. The average molecular weight is 345 g/mol. The smallest absolute Gasteiger partial charge is 0.339 e. The zero-order valence-corrected chi connectivity index (χ0v) is 14.9. The summed E-state index contributed by atoms with van der Waals surface area (Å²) in [7, 11) is 1.64. The first kappa shape index (κ1) is 18.6. The van der Waals surface area contributed by atoms with E-state index in [1.54, 1.807) is 32.2 Å². The first-order chi connectivity index (χ1) is 11.8. The Hall–Kier alpha value is -2.76. The van der Waals surface area contributed by atoms with Crippen LogP contribution in [0.2, 0.25) is 0 Å². The maximum atomic E-state index is 12.6. The molecule has 134 valence electrons. The highest BCUT2D eigenvalue weighted by molar-refractivity contribution is 5.94. The van der Waals surface area contributed by atoms with Gasteiger partial charge < -0.3 is 19.2 Å². The van der Waals surface area contributed by atoms with Gasteiger partial charge in [0.15, 0.2) is 0 Å². The van der Waals surface area contributed by atoms with Crippen LogP contribution in [0.15, 0.2) is 34.7 Å². The molecular weight excluding hydrogens is 322 g/mol. The lowest BCUT2D eigenvalue weighted by Gasteiger charge is -2.16. The molecule has 0 radical (unpaired) electrons. The van der Waals surface area contributed by atoms with E-state index in [0.29, 0.717) is 35.4 Å². The number of nitrogens with zero attached hydrogens (tertiary/aromatic N) is 1. The second-order valence-electron chi connectivity index (χ2n) is 6.38. The summed E-state index contributed by atoms with van der Waals surface area (Å²) < 4.78 is 11.1. The number of carboxylic acid groups (broad SMARTS) is 1. The van der Waals surface area contributed by atoms with Crippen molar-refractivity contribution in [3.8, 4) is 5.75 Å². The molecule has 6 heteroatoms. The predicted molar refractivity (Wildman–Crippen MR) is 93.0 cm³/mol. The fourth-order valence-corrected chi connectivity index (χ4v) is 2.34. The van der Waals surface area contributed by atoms with Crippen molar-refractivity contribution in [1.82, 2.24) is 4.90 Å². The summed E-state index contributed by atoms with van der Waals surface area (Å²) >= 11 is 0. The Bertz CT molecular complexity index is 763. The van der Waals surface area contributed by atoms with Crippen LogP contribution in [0.3, 0.4) is 0 Å². The highest BCUT2D eigenvalue weighted by Gasteiger charge is 2.18. The number of ether oxygens (including phenoxy) is 1. The Morgan fingerprint density at radius 2 is 2.00 bits per heavy atom. The van der Waals surface area contributed by atoms with E-state index in [0.717, 1.165) is 0 Å². The minimum atomic E-state index is -1.04. The van der Waals surface area contributed by atoms with Gasteiger partial charge in [0.05, 0.1) is 13.2 Å². The molecular formula is C19H23NO5. The second-order valence-corrected chi connectivity index (χ2v) is 6.38. The lowest BCUT2D eigenvalue weighted by atomic mass is 10.2. The first-order valence-electron chi connectivity index (χ1n) is 8.09. The number of carbonyl (C=O) groups is 2. The topological polar surface area (TPSA) is 80.0 Å². The van der Waals surface area contributed by atoms with E-state index in [1.807, 2.05) is 6.07 Å². The Kier molecular flexibility index (Phi) is 5.85. The summed E-state index contributed by atoms with van der Waals surface area (Å²) in [5.41, 5.74) is 0.616. The van der Waals surface area contributed by atoms with Crippen molar-refractivity contribution in [1.29, 1.82) is 0 Å². The van der Waals surface area contributed by atoms with Gasteiger partial charge in [-0.1, -0.05) is 19.9 Å². The fourth-order valence-electron chi connectivity index (χ4n) is 2.34. The number of aryl methyl sites for hydroxylation is 1. The van der Waals surface area contributed by atoms with Crippen molar-refractivity contribution in [3.63, 3.8) is 0 Å². The molecule has 0 spiro atoms. The van der Waals surface area contributed by atoms with Gasteiger partial charge in [-0.05, 0) is 37.1 Å². The number of hydrogen-bond donors (Lipinski definition) is 1. The summed E-state index contributed by atoms with van der Waals surface area (Å²) in [4.78, 5) is 25.1. The number of rotatable bonds is 7. The minimum Gasteiger partial charge on any atom is -0.493 e. The summed E-state index contributed by atoms with van der Waals surface area (Å²) in [6.07, 6.45) is 0. The van der Waals surface area contributed by atoms with E-state index >= 15 is 0 Å². The molecule has 2 aromatic rings. The van der Waals surface area contributed by atoms with Crippen molar-refractivity contribution in [2.45, 2.75) is 27.3 Å². The highest BCUT2D eigenvalue weighted by atomic mass is 16.5. The summed E-state index contributed by atoms with van der Waals surface area (Å²) in [6.45, 7) is 6.46. The fraction of sp³-hybridized carbons (Fsp3) is 0.368. The van der Waals surface area contributed by atoms with Gasteiger partial charge in [0, 0.05) is 12.6 Å². The maximum absolute atomic E-state index is 12.6. The SMILES string of the molecule is Cc1oc(CN(C)C(=O)c2cccc(OCC(C)C)c2)cc1C(=O)O. The van der Waals surface area contributed by atoms with Crippen LogP contribution >= 0.6 is 0 Å². The molecule has 0 atom stereocenters. The maximum Gasteiger partial charge on any atom is 0.339 e. The Morgan fingerprint density at radius 1 is 1.28 bits per heavy atom. The van der Waals surface area contributed by atoms with E-state index in [2.05, 4.69) is 13.8 Å². The molecule has 0 bridgehead atoms. The molecule has 25 heavy (non-hydrogen) atoms. The Balaban J connectivity index is 2.08. The van der Waals surface area contributed by atoms with Crippen LogP contribution in [-0.4, -0.2) is 35.5 Å². The van der Waals surface area contributed by atoms with Crippen LogP contribution in [0.25, 0.3) is 0 Å². The lowest BCUT2D eigenvalue weighted by molar-refractivity contribution is 0.0694. The van der Waals surface area contributed by atoms with E-state index in [-0.39, 0.29) is 18.0 Å². The second kappa shape index (κ2) is 7.88. The van der Waals surface area contributed by atoms with Crippen molar-refractivity contribution < 1.29 is 23.8 Å². The van der Waals surface area contributed by atoms with Crippen LogP contribution in [0.5, 0.6) is 5.75 Å². The summed E-state index contributed by atoms with van der Waals surface area (Å²) in [6, 6.07) is 8.46. The first-order valence-corrected chi connectivity index (χ1v) is 8.09. The van der Waals surface area contributed by atoms with Crippen LogP contribution < -0.4 is 4.74 Å². The molecule has 0 fully saturated rings. The molecule has 6 nitrogen and oxygen atoms in total. The van der Waals surface area contributed by atoms with Gasteiger partial charge in [-0.15, -0.1) is 0 Å². The molecule has 0 saturated carbocycles. The van der Waals surface area contributed by atoms with Gasteiger partial charge in [-0.2, -0.15) is 0 Å². The lowest BCUT2D eigenvalue weighted by Crippen LogP contribution is -2.26. The summed E-state index contributed by atoms with van der Waals surface area (Å²) in [5.74, 6) is 0.561. The quantitative estimate of drug-likeness (QED) is 0.829. The van der Waals surface area contributed by atoms with E-state index < -0.39 is 5.97 Å². The Morgan fingerprint density at radius 3 is 2.60 bits per heavy atom. The molecule has 0 saturated heterocycles. The van der Waals surface area contributed by atoms with Crippen molar-refractivity contribution in [2.75, 3.05) is 13.7 Å². The summed E-state index contributed by atoms with van der Waals surface area (Å²) in [5, 5.41) is 9.07. The van der Waals surface area contributed by atoms with Gasteiger partial charge in [0.25, 0.3) is 5.91 Å². The molecule has 1 aromatic heterocycles. The average Bonchev–Trinajstić information content (AvgIpc) is 2.93. The van der Waals surface area contributed by atoms with Gasteiger partial charge in [0.2, 0.25) is 0 Å². The van der Waals surface area contributed by atoms with E-state index in [4.69, 9.17) is 14.3 Å². The number of carbonyl (C=O) groups excluding carboxylic acids is 1. The van der Waals surface area contributed by atoms with E-state index in [9.17, 15) is 9.59 Å². The van der Waals surface area contributed by atoms with Crippen molar-refractivity contribution >= 4 is 11.9 Å². The van der Waals surface area contributed by atoms with Crippen molar-refractivity contribution in [2.24, 2.45) is 5.92 Å². The molecule has 0 unspecified atom stereocenters. The molecule has 0 aliphatic carbocycles. The molecule has 0 aliphatic heterocycles. The van der Waals surface area contributed by atoms with Crippen LogP contribution in [0.4, 0.5) is 0 Å². The predicted octanol–water partition coefficient (Wildman–Crippen LogP) is 3.59. The number of carboxylic acids is 1. The highest BCUT2D eigenvalue weighted by Crippen LogP contribution is 2.19. The molecule has 1 heterocycles. The molecule has 0 aliphatic rings. The Labute approximate surface area is 147 Å². The standard InChI is InChI=1S/C19H23NO5/c1-12(2)11-24-15-7-5-6-14(8-15)18(21)20(4)10-16-9-17(19(22)23)13(3)25-16/h5-9,12H,10-11H2,1-4H3,(H,22,23).